The lowest BCUT2D eigenvalue weighted by Gasteiger charge is -2.27. The van der Waals surface area contributed by atoms with Gasteiger partial charge in [0.15, 0.2) is 9.84 Å². The maximum atomic E-state index is 13.7. The van der Waals surface area contributed by atoms with Crippen molar-refractivity contribution in [1.82, 2.24) is 9.03 Å². The molecule has 8 nitrogen and oxygen atoms in total. The Morgan fingerprint density at radius 3 is 1.86 bits per heavy atom. The molecule has 0 aromatic heterocycles. The molecule has 1 atom stereocenters. The summed E-state index contributed by atoms with van der Waals surface area (Å²) in [6.07, 6.45) is 0.159. The van der Waals surface area contributed by atoms with Gasteiger partial charge >= 0.3 is 0 Å². The molecule has 1 fully saturated rings. The van der Waals surface area contributed by atoms with E-state index in [1.165, 1.54) is 12.1 Å². The second kappa shape index (κ2) is 9.80. The van der Waals surface area contributed by atoms with Gasteiger partial charge in [-0.1, -0.05) is 60.7 Å². The number of sulfone groups is 1. The van der Waals surface area contributed by atoms with Crippen LogP contribution in [-0.4, -0.2) is 60.2 Å². The fraction of sp³-hybridized carbons (Fsp3) is 0.231. The van der Waals surface area contributed by atoms with Gasteiger partial charge in [0.25, 0.3) is 0 Å². The number of sulfonamides is 2. The zero-order valence-electron chi connectivity index (χ0n) is 19.8. The number of fused-ring (bicyclic) bond motifs is 2. The van der Waals surface area contributed by atoms with Crippen LogP contribution >= 0.6 is 0 Å². The molecule has 194 valence electrons. The molecule has 0 saturated carbocycles. The summed E-state index contributed by atoms with van der Waals surface area (Å²) >= 11 is 0. The van der Waals surface area contributed by atoms with Crippen LogP contribution in [0.1, 0.15) is 6.42 Å². The van der Waals surface area contributed by atoms with Gasteiger partial charge in [0.1, 0.15) is 0 Å². The summed E-state index contributed by atoms with van der Waals surface area (Å²) in [6.45, 7) is -0.416. The number of nitrogens with zero attached hydrogens (tertiary/aromatic N) is 1. The van der Waals surface area contributed by atoms with Crippen LogP contribution in [0, 0.1) is 0 Å². The van der Waals surface area contributed by atoms with E-state index in [2.05, 4.69) is 4.72 Å². The minimum Gasteiger partial charge on any atom is -0.229 e. The van der Waals surface area contributed by atoms with E-state index in [-0.39, 0.29) is 40.8 Å². The lowest BCUT2D eigenvalue weighted by molar-refractivity contribution is 0.343. The second-order valence-corrected chi connectivity index (χ2v) is 15.0. The standard InChI is InChI=1S/C26H26N2O6S3/c29-35(30)16-13-24(19-35)28(37(33,34)26-12-10-21-6-2-4-8-23(21)18-26)15-14-27-36(31,32)25-11-9-20-5-1-3-7-22(20)17-25/h1-12,17-18,24,27H,13-16,19H2/t24-/m0/s1. The van der Waals surface area contributed by atoms with Crippen LogP contribution in [0.25, 0.3) is 21.5 Å². The molecule has 0 bridgehead atoms. The summed E-state index contributed by atoms with van der Waals surface area (Å²) < 4.78 is 81.3. The summed E-state index contributed by atoms with van der Waals surface area (Å²) in [5.74, 6) is -0.401. The van der Waals surface area contributed by atoms with Crippen molar-refractivity contribution in [2.45, 2.75) is 22.3 Å². The Hall–Kier alpha value is -2.83. The van der Waals surface area contributed by atoms with Crippen LogP contribution in [0.15, 0.2) is 94.7 Å². The van der Waals surface area contributed by atoms with Crippen LogP contribution in [0.2, 0.25) is 0 Å². The third-order valence-corrected chi connectivity index (χ3v) is 11.8. The van der Waals surface area contributed by atoms with Crippen molar-refractivity contribution in [2.75, 3.05) is 24.6 Å². The Morgan fingerprint density at radius 1 is 0.757 bits per heavy atom. The highest BCUT2D eigenvalue weighted by Crippen LogP contribution is 2.27. The Labute approximate surface area is 216 Å². The van der Waals surface area contributed by atoms with E-state index in [0.717, 1.165) is 25.9 Å². The lowest BCUT2D eigenvalue weighted by atomic mass is 10.1. The molecule has 4 aromatic carbocycles. The highest BCUT2D eigenvalue weighted by atomic mass is 32.2. The predicted molar refractivity (Wildman–Crippen MR) is 144 cm³/mol. The molecule has 0 spiro atoms. The van der Waals surface area contributed by atoms with Gasteiger partial charge in [-0.3, -0.25) is 0 Å². The third-order valence-electron chi connectivity index (χ3n) is 6.60. The molecule has 1 aliphatic heterocycles. The van der Waals surface area contributed by atoms with Crippen LogP contribution in [0.4, 0.5) is 0 Å². The molecular weight excluding hydrogens is 532 g/mol. The van der Waals surface area contributed by atoms with Gasteiger partial charge < -0.3 is 0 Å². The summed E-state index contributed by atoms with van der Waals surface area (Å²) in [6, 6.07) is 23.5. The second-order valence-electron chi connectivity index (χ2n) is 9.09. The van der Waals surface area contributed by atoms with E-state index >= 15 is 0 Å². The molecule has 4 aromatic rings. The van der Waals surface area contributed by atoms with Crippen molar-refractivity contribution in [3.63, 3.8) is 0 Å². The average molecular weight is 559 g/mol. The van der Waals surface area contributed by atoms with Gasteiger partial charge in [-0.05, 0) is 52.2 Å². The number of hydrogen-bond acceptors (Lipinski definition) is 6. The van der Waals surface area contributed by atoms with Gasteiger partial charge in [0, 0.05) is 19.1 Å². The fourth-order valence-corrected chi connectivity index (χ4v) is 9.24. The summed E-state index contributed by atoms with van der Waals surface area (Å²) in [4.78, 5) is 0.103. The predicted octanol–water partition coefficient (Wildman–Crippen LogP) is 3.15. The van der Waals surface area contributed by atoms with Gasteiger partial charge in [0.05, 0.1) is 21.3 Å². The van der Waals surface area contributed by atoms with Crippen LogP contribution in [-0.2, 0) is 29.9 Å². The minimum atomic E-state index is -4.10. The molecule has 1 N–H and O–H groups in total. The zero-order chi connectivity index (χ0) is 26.3. The lowest BCUT2D eigenvalue weighted by Crippen LogP contribution is -2.45. The molecule has 0 amide bonds. The molecule has 0 radical (unpaired) electrons. The van der Waals surface area contributed by atoms with E-state index in [0.29, 0.717) is 0 Å². The number of benzene rings is 4. The minimum absolute atomic E-state index is 0.0351. The smallest absolute Gasteiger partial charge is 0.229 e. The fourth-order valence-electron chi connectivity index (χ4n) is 4.67. The molecule has 0 unspecified atom stereocenters. The molecule has 11 heteroatoms. The zero-order valence-corrected chi connectivity index (χ0v) is 22.3. The summed E-state index contributed by atoms with van der Waals surface area (Å²) in [5, 5.41) is 3.28. The monoisotopic (exact) mass is 558 g/mol. The largest absolute Gasteiger partial charge is 0.243 e. The maximum Gasteiger partial charge on any atom is 0.243 e. The average Bonchev–Trinajstić information content (AvgIpc) is 3.24. The Morgan fingerprint density at radius 2 is 1.30 bits per heavy atom. The van der Waals surface area contributed by atoms with Crippen molar-refractivity contribution in [3.8, 4) is 0 Å². The van der Waals surface area contributed by atoms with Crippen LogP contribution < -0.4 is 4.72 Å². The van der Waals surface area contributed by atoms with Crippen molar-refractivity contribution in [2.24, 2.45) is 0 Å². The Balaban J connectivity index is 1.41. The third kappa shape index (κ3) is 5.41. The molecule has 1 saturated heterocycles. The van der Waals surface area contributed by atoms with Gasteiger partial charge in [-0.2, -0.15) is 4.31 Å². The van der Waals surface area contributed by atoms with Gasteiger partial charge in [-0.25, -0.2) is 30.0 Å². The number of nitrogens with one attached hydrogen (secondary N) is 1. The first kappa shape index (κ1) is 25.8. The maximum absolute atomic E-state index is 13.7. The van der Waals surface area contributed by atoms with Crippen molar-refractivity contribution < 1.29 is 25.3 Å². The Bertz CT molecular complexity index is 1800. The van der Waals surface area contributed by atoms with Gasteiger partial charge in [0.2, 0.25) is 20.0 Å². The topological polar surface area (TPSA) is 118 Å². The van der Waals surface area contributed by atoms with Gasteiger partial charge in [-0.15, -0.1) is 0 Å². The molecular formula is C26H26N2O6S3. The van der Waals surface area contributed by atoms with E-state index in [9.17, 15) is 25.3 Å². The highest BCUT2D eigenvalue weighted by molar-refractivity contribution is 7.92. The summed E-state index contributed by atoms with van der Waals surface area (Å²) in [5.41, 5.74) is 0. The molecule has 1 aliphatic rings. The SMILES string of the molecule is O=S1(=O)CC[C@H](N(CCNS(=O)(=O)c2ccc3ccccc3c2)S(=O)(=O)c2ccc3ccccc3c2)C1. The van der Waals surface area contributed by atoms with E-state index in [4.69, 9.17) is 0 Å². The van der Waals surface area contributed by atoms with Crippen molar-refractivity contribution in [1.29, 1.82) is 0 Å². The van der Waals surface area contributed by atoms with Crippen molar-refractivity contribution in [3.05, 3.63) is 84.9 Å². The van der Waals surface area contributed by atoms with Crippen LogP contribution in [0.3, 0.4) is 0 Å². The quantitative estimate of drug-likeness (QED) is 0.355. The molecule has 37 heavy (non-hydrogen) atoms. The number of rotatable bonds is 8. The summed E-state index contributed by atoms with van der Waals surface area (Å²) in [7, 11) is -11.4. The molecule has 5 rings (SSSR count). The van der Waals surface area contributed by atoms with Crippen molar-refractivity contribution >= 4 is 51.4 Å². The van der Waals surface area contributed by atoms with E-state index < -0.39 is 35.9 Å². The number of hydrogen-bond donors (Lipinski definition) is 1. The highest BCUT2D eigenvalue weighted by Gasteiger charge is 2.38. The molecule has 1 heterocycles. The molecule has 0 aliphatic carbocycles. The van der Waals surface area contributed by atoms with E-state index in [1.54, 1.807) is 30.3 Å². The first-order valence-corrected chi connectivity index (χ1v) is 16.5. The Kier molecular flexibility index (Phi) is 6.84. The van der Waals surface area contributed by atoms with E-state index in [1.807, 2.05) is 42.5 Å². The van der Waals surface area contributed by atoms with Crippen LogP contribution in [0.5, 0.6) is 0 Å². The normalized spacial score (nSPS) is 18.0. The first-order chi connectivity index (χ1) is 17.6. The first-order valence-electron chi connectivity index (χ1n) is 11.7.